The van der Waals surface area contributed by atoms with Gasteiger partial charge in [0.1, 0.15) is 11.4 Å². The molecule has 0 unspecified atom stereocenters. The van der Waals surface area contributed by atoms with Crippen molar-refractivity contribution in [1.82, 2.24) is 15.2 Å². The minimum absolute atomic E-state index is 0.101. The number of carbonyl (C=O) groups is 2. The Balaban J connectivity index is 1.73. The van der Waals surface area contributed by atoms with Gasteiger partial charge in [0.15, 0.2) is 0 Å². The predicted octanol–water partition coefficient (Wildman–Crippen LogP) is 3.32. The molecule has 32 heavy (non-hydrogen) atoms. The number of carbonyl (C=O) groups excluding carboxylic acids is 2. The van der Waals surface area contributed by atoms with E-state index in [2.05, 4.69) is 10.3 Å². The largest absolute Gasteiger partial charge is 0.497 e. The molecule has 0 saturated carbocycles. The Morgan fingerprint density at radius 1 is 1.22 bits per heavy atom. The van der Waals surface area contributed by atoms with E-state index in [1.54, 1.807) is 48.5 Å². The number of piperidine rings is 1. The SMILES string of the molecule is COc1ccc2[nH]cc(/C=C(\NC(=O)c3ccccc3)C(=O)N3CCCC[C@@H]3CO)c2c1. The van der Waals surface area contributed by atoms with E-state index in [4.69, 9.17) is 4.74 Å². The molecule has 3 aromatic rings. The maximum absolute atomic E-state index is 13.5. The summed E-state index contributed by atoms with van der Waals surface area (Å²) in [5.74, 6) is 0.0368. The van der Waals surface area contributed by atoms with Crippen LogP contribution in [-0.4, -0.2) is 53.1 Å². The summed E-state index contributed by atoms with van der Waals surface area (Å²) >= 11 is 0. The molecule has 7 nitrogen and oxygen atoms in total. The highest BCUT2D eigenvalue weighted by Crippen LogP contribution is 2.26. The molecule has 0 bridgehead atoms. The molecule has 166 valence electrons. The number of aliphatic hydroxyl groups is 1. The number of nitrogens with zero attached hydrogens (tertiary/aromatic N) is 1. The van der Waals surface area contributed by atoms with Gasteiger partial charge in [-0.25, -0.2) is 0 Å². The van der Waals surface area contributed by atoms with Gasteiger partial charge < -0.3 is 25.0 Å². The van der Waals surface area contributed by atoms with Crippen molar-refractivity contribution < 1.29 is 19.4 Å². The summed E-state index contributed by atoms with van der Waals surface area (Å²) in [5, 5.41) is 13.5. The van der Waals surface area contributed by atoms with Gasteiger partial charge in [-0.3, -0.25) is 9.59 Å². The lowest BCUT2D eigenvalue weighted by Gasteiger charge is -2.35. The summed E-state index contributed by atoms with van der Waals surface area (Å²) in [7, 11) is 1.60. The van der Waals surface area contributed by atoms with Crippen molar-refractivity contribution in [3.8, 4) is 5.75 Å². The second-order valence-electron chi connectivity index (χ2n) is 7.86. The minimum Gasteiger partial charge on any atom is -0.497 e. The van der Waals surface area contributed by atoms with Crippen molar-refractivity contribution in [2.75, 3.05) is 20.3 Å². The number of aromatic amines is 1. The maximum atomic E-state index is 13.5. The summed E-state index contributed by atoms with van der Waals surface area (Å²) < 4.78 is 5.34. The fourth-order valence-corrected chi connectivity index (χ4v) is 4.07. The summed E-state index contributed by atoms with van der Waals surface area (Å²) in [5.41, 5.74) is 2.28. The molecule has 4 rings (SSSR count). The molecule has 2 heterocycles. The van der Waals surface area contributed by atoms with Crippen LogP contribution in [-0.2, 0) is 4.79 Å². The zero-order chi connectivity index (χ0) is 22.5. The Morgan fingerprint density at radius 3 is 2.78 bits per heavy atom. The Morgan fingerprint density at radius 2 is 2.03 bits per heavy atom. The number of aromatic nitrogens is 1. The quantitative estimate of drug-likeness (QED) is 0.520. The van der Waals surface area contributed by atoms with E-state index in [0.29, 0.717) is 17.9 Å². The van der Waals surface area contributed by atoms with E-state index in [0.717, 1.165) is 35.7 Å². The molecule has 1 saturated heterocycles. The molecular weight excluding hydrogens is 406 g/mol. The average Bonchev–Trinajstić information content (AvgIpc) is 3.25. The Bertz CT molecular complexity index is 1140. The standard InChI is InChI=1S/C25H27N3O4/c1-32-20-10-11-22-21(14-20)18(15-26-22)13-23(27-24(30)17-7-3-2-4-8-17)25(31)28-12-6-5-9-19(28)16-29/h2-4,7-8,10-11,13-15,19,26,29H,5-6,9,12,16H2,1H3,(H,27,30)/b23-13-/t19-/m1/s1. The van der Waals surface area contributed by atoms with Crippen molar-refractivity contribution in [2.24, 2.45) is 0 Å². The number of rotatable bonds is 6. The first-order valence-electron chi connectivity index (χ1n) is 10.8. The number of nitrogens with one attached hydrogen (secondary N) is 2. The Hall–Kier alpha value is -3.58. The number of hydrogen-bond donors (Lipinski definition) is 3. The van der Waals surface area contributed by atoms with E-state index >= 15 is 0 Å². The number of aliphatic hydroxyl groups excluding tert-OH is 1. The van der Waals surface area contributed by atoms with Gasteiger partial charge in [0.05, 0.1) is 19.8 Å². The van der Waals surface area contributed by atoms with Crippen LogP contribution in [0.25, 0.3) is 17.0 Å². The number of amides is 2. The molecule has 1 aliphatic heterocycles. The topological polar surface area (TPSA) is 94.7 Å². The van der Waals surface area contributed by atoms with Gasteiger partial charge in [0.2, 0.25) is 0 Å². The van der Waals surface area contributed by atoms with Crippen LogP contribution < -0.4 is 10.1 Å². The van der Waals surface area contributed by atoms with E-state index in [1.165, 1.54) is 0 Å². The van der Waals surface area contributed by atoms with Crippen LogP contribution in [0.3, 0.4) is 0 Å². The normalized spacial score (nSPS) is 16.8. The lowest BCUT2D eigenvalue weighted by Crippen LogP contribution is -2.48. The molecule has 0 radical (unpaired) electrons. The summed E-state index contributed by atoms with van der Waals surface area (Å²) in [6.07, 6.45) is 6.06. The van der Waals surface area contributed by atoms with Crippen molar-refractivity contribution >= 4 is 28.8 Å². The van der Waals surface area contributed by atoms with Crippen molar-refractivity contribution in [3.63, 3.8) is 0 Å². The Labute approximate surface area is 186 Å². The lowest BCUT2D eigenvalue weighted by molar-refractivity contribution is -0.132. The molecular formula is C25H27N3O4. The summed E-state index contributed by atoms with van der Waals surface area (Å²) in [4.78, 5) is 31.3. The number of likely N-dealkylation sites (tertiary alicyclic amines) is 1. The zero-order valence-electron chi connectivity index (χ0n) is 18.0. The van der Waals surface area contributed by atoms with Crippen LogP contribution >= 0.6 is 0 Å². The molecule has 2 aromatic carbocycles. The first-order chi connectivity index (χ1) is 15.6. The lowest BCUT2D eigenvalue weighted by atomic mass is 10.0. The van der Waals surface area contributed by atoms with E-state index in [9.17, 15) is 14.7 Å². The first-order valence-corrected chi connectivity index (χ1v) is 10.8. The highest BCUT2D eigenvalue weighted by molar-refractivity contribution is 6.06. The summed E-state index contributed by atoms with van der Waals surface area (Å²) in [6.45, 7) is 0.445. The van der Waals surface area contributed by atoms with Gasteiger partial charge in [-0.15, -0.1) is 0 Å². The monoisotopic (exact) mass is 433 g/mol. The van der Waals surface area contributed by atoms with Crippen LogP contribution in [0.4, 0.5) is 0 Å². The van der Waals surface area contributed by atoms with Gasteiger partial charge >= 0.3 is 0 Å². The average molecular weight is 434 g/mol. The van der Waals surface area contributed by atoms with Crippen molar-refractivity contribution in [2.45, 2.75) is 25.3 Å². The van der Waals surface area contributed by atoms with Gasteiger partial charge in [-0.05, 0) is 55.7 Å². The second kappa shape index (κ2) is 9.70. The molecule has 0 spiro atoms. The number of fused-ring (bicyclic) bond motifs is 1. The van der Waals surface area contributed by atoms with E-state index in [1.807, 2.05) is 24.3 Å². The number of methoxy groups -OCH3 is 1. The van der Waals surface area contributed by atoms with Gasteiger partial charge in [-0.2, -0.15) is 0 Å². The third-order valence-electron chi connectivity index (χ3n) is 5.83. The fraction of sp³-hybridized carbons (Fsp3) is 0.280. The van der Waals surface area contributed by atoms with Crippen LogP contribution in [0, 0.1) is 0 Å². The number of H-pyrrole nitrogens is 1. The highest BCUT2D eigenvalue weighted by Gasteiger charge is 2.29. The van der Waals surface area contributed by atoms with E-state index in [-0.39, 0.29) is 30.2 Å². The molecule has 7 heteroatoms. The van der Waals surface area contributed by atoms with Crippen LogP contribution in [0.2, 0.25) is 0 Å². The van der Waals surface area contributed by atoms with Crippen LogP contribution in [0.5, 0.6) is 5.75 Å². The molecule has 1 aromatic heterocycles. The smallest absolute Gasteiger partial charge is 0.270 e. The third kappa shape index (κ3) is 4.53. The molecule has 1 aliphatic rings. The van der Waals surface area contributed by atoms with Gasteiger partial charge in [0, 0.05) is 34.8 Å². The molecule has 3 N–H and O–H groups in total. The number of ether oxygens (including phenoxy) is 1. The minimum atomic E-state index is -0.361. The third-order valence-corrected chi connectivity index (χ3v) is 5.83. The maximum Gasteiger partial charge on any atom is 0.270 e. The van der Waals surface area contributed by atoms with Crippen LogP contribution in [0.15, 0.2) is 60.4 Å². The number of benzene rings is 2. The Kier molecular flexibility index (Phi) is 6.56. The van der Waals surface area contributed by atoms with Crippen LogP contribution in [0.1, 0.15) is 35.2 Å². The van der Waals surface area contributed by atoms with Gasteiger partial charge in [0.25, 0.3) is 11.8 Å². The highest BCUT2D eigenvalue weighted by atomic mass is 16.5. The zero-order valence-corrected chi connectivity index (χ0v) is 18.0. The van der Waals surface area contributed by atoms with E-state index < -0.39 is 0 Å². The fourth-order valence-electron chi connectivity index (χ4n) is 4.07. The first kappa shape index (κ1) is 21.6. The van der Waals surface area contributed by atoms with Crippen molar-refractivity contribution in [1.29, 1.82) is 0 Å². The second-order valence-corrected chi connectivity index (χ2v) is 7.86. The molecule has 1 fully saturated rings. The molecule has 0 aliphatic carbocycles. The predicted molar refractivity (Wildman–Crippen MR) is 123 cm³/mol. The summed E-state index contributed by atoms with van der Waals surface area (Å²) in [6, 6.07) is 14.2. The molecule has 1 atom stereocenters. The van der Waals surface area contributed by atoms with Gasteiger partial charge in [-0.1, -0.05) is 18.2 Å². The van der Waals surface area contributed by atoms with Crippen molar-refractivity contribution in [3.05, 3.63) is 71.6 Å². The number of hydrogen-bond acceptors (Lipinski definition) is 4. The molecule has 2 amide bonds.